The Labute approximate surface area is 422 Å². The Morgan fingerprint density at radius 1 is 0.494 bits per heavy atom. The maximum atomic E-state index is 15.0. The summed E-state index contributed by atoms with van der Waals surface area (Å²) in [5.41, 5.74) is 4.54. The second-order valence-electron chi connectivity index (χ2n) is 14.9. The summed E-state index contributed by atoms with van der Waals surface area (Å²) in [7, 11) is 2.97. The zero-order chi connectivity index (χ0) is 57.5. The number of nitrogens with two attached hydrogens (primary N) is 2. The monoisotopic (exact) mass is 1110 g/mol. The molecule has 2 aromatic carbocycles. The van der Waals surface area contributed by atoms with Gasteiger partial charge in [0.1, 0.15) is 34.0 Å². The fraction of sp³-hybridized carbons (Fsp3) is 0.200. The van der Waals surface area contributed by atoms with Gasteiger partial charge in [0.2, 0.25) is 0 Å². The van der Waals surface area contributed by atoms with Gasteiger partial charge in [-0.3, -0.25) is 29.1 Å². The SMILES string of the molecule is COc1cc(OC(F)(F)F)ccc1Oc1cnc(C(F)(F)F)c(F)c1C(=O)Nc1cc(C(N)=O)ncc1C.COc1cc(OC(F)(F)F)ccc1Oc1cnc(C(F)(F)F)c(OC)c1C(=O)Nc1cc(C(N)=O)ncc1C. The number of carbonyl (C=O) groups excluding carboxylic acids is 4. The van der Waals surface area contributed by atoms with E-state index in [0.29, 0.717) is 18.0 Å². The number of anilines is 2. The standard InChI is InChI=1S/C23H18F6N4O6.C22H15F7N4O5/c1-10-8-31-13(20(30)34)7-12(10)33-21(35)17-16(9-32-19(18(17)37-3)22(24,25)26)38-14-5-4-11(6-15(14)36-2)39-23(27,28)29;1-9-7-31-12(19(30)34)6-11(9)33-20(35)16-15(8-32-18(17(16)23)21(24,25)26)37-13-4-3-10(5-14(13)36-2)38-22(27,28)29/h4-9H,1-3H3,(H2,30,34)(H,31,33,35);3-8H,1-2H3,(H2,30,34)(H,31,33,35). The summed E-state index contributed by atoms with van der Waals surface area (Å²) < 4.78 is 205. The van der Waals surface area contributed by atoms with Crippen LogP contribution in [-0.2, 0) is 12.4 Å². The lowest BCUT2D eigenvalue weighted by Crippen LogP contribution is -2.21. The zero-order valence-corrected chi connectivity index (χ0v) is 39.3. The van der Waals surface area contributed by atoms with Crippen LogP contribution in [0.4, 0.5) is 68.5 Å². The lowest BCUT2D eigenvalue weighted by molar-refractivity contribution is -0.275. The van der Waals surface area contributed by atoms with E-state index in [2.05, 4.69) is 40.0 Å². The summed E-state index contributed by atoms with van der Waals surface area (Å²) in [6, 6.07) is 7.15. The summed E-state index contributed by atoms with van der Waals surface area (Å²) in [5.74, 6) is -12.0. The molecule has 0 aliphatic rings. The van der Waals surface area contributed by atoms with Crippen molar-refractivity contribution in [2.24, 2.45) is 11.5 Å². The summed E-state index contributed by atoms with van der Waals surface area (Å²) in [6.07, 6.45) is -17.1. The highest BCUT2D eigenvalue weighted by atomic mass is 19.4. The van der Waals surface area contributed by atoms with Gasteiger partial charge in [-0.25, -0.2) is 14.4 Å². The molecule has 19 nitrogen and oxygen atoms in total. The van der Waals surface area contributed by atoms with E-state index >= 15 is 4.39 Å². The van der Waals surface area contributed by atoms with Gasteiger partial charge in [0, 0.05) is 35.9 Å². The van der Waals surface area contributed by atoms with Crippen LogP contribution in [0.5, 0.6) is 51.7 Å². The van der Waals surface area contributed by atoms with Gasteiger partial charge in [-0.05, 0) is 61.4 Å². The highest BCUT2D eigenvalue weighted by Gasteiger charge is 2.42. The Morgan fingerprint density at radius 3 is 1.25 bits per heavy atom. The summed E-state index contributed by atoms with van der Waals surface area (Å²) in [6.45, 7) is 2.91. The molecule has 0 atom stereocenters. The average molecular weight is 1110 g/mol. The first-order valence-corrected chi connectivity index (χ1v) is 20.5. The number of pyridine rings is 4. The number of methoxy groups -OCH3 is 3. The molecule has 0 fully saturated rings. The minimum atomic E-state index is -5.31. The first-order chi connectivity index (χ1) is 35.7. The van der Waals surface area contributed by atoms with E-state index in [0.717, 1.165) is 76.1 Å². The Balaban J connectivity index is 0.000000284. The number of halogens is 13. The molecule has 6 rings (SSSR count). The van der Waals surface area contributed by atoms with Gasteiger partial charge in [-0.2, -0.15) is 26.3 Å². The third-order valence-corrected chi connectivity index (χ3v) is 9.56. The third kappa shape index (κ3) is 14.9. The molecule has 0 saturated carbocycles. The van der Waals surface area contributed by atoms with Crippen LogP contribution in [0.25, 0.3) is 0 Å². The predicted octanol–water partition coefficient (Wildman–Crippen LogP) is 9.86. The Kier molecular flexibility index (Phi) is 17.5. The van der Waals surface area contributed by atoms with E-state index < -0.39 is 117 Å². The number of aromatic nitrogens is 4. The molecule has 6 N–H and O–H groups in total. The number of nitrogens with one attached hydrogen (secondary N) is 2. The number of rotatable bonds is 15. The fourth-order valence-corrected chi connectivity index (χ4v) is 6.18. The summed E-state index contributed by atoms with van der Waals surface area (Å²) in [4.78, 5) is 63.0. The van der Waals surface area contributed by atoms with E-state index in [4.69, 9.17) is 35.2 Å². The quantitative estimate of drug-likeness (QED) is 0.0698. The molecule has 410 valence electrons. The number of nitrogens with zero attached hydrogens (tertiary/aromatic N) is 4. The van der Waals surface area contributed by atoms with Crippen LogP contribution in [0, 0.1) is 19.7 Å². The van der Waals surface area contributed by atoms with Crippen LogP contribution in [0.3, 0.4) is 0 Å². The van der Waals surface area contributed by atoms with Crippen molar-refractivity contribution in [1.29, 1.82) is 0 Å². The smallest absolute Gasteiger partial charge is 0.493 e. The van der Waals surface area contributed by atoms with E-state index in [1.807, 2.05) is 0 Å². The van der Waals surface area contributed by atoms with Crippen molar-refractivity contribution in [3.63, 3.8) is 0 Å². The number of ether oxygens (including phenoxy) is 7. The molecular formula is C45H33F13N8O11. The number of hydrogen-bond donors (Lipinski definition) is 4. The molecule has 32 heteroatoms. The molecule has 0 aliphatic heterocycles. The second kappa shape index (κ2) is 23.0. The number of carbonyl (C=O) groups is 4. The van der Waals surface area contributed by atoms with Crippen LogP contribution in [-0.4, -0.2) is 77.6 Å². The van der Waals surface area contributed by atoms with Crippen LogP contribution >= 0.6 is 0 Å². The minimum absolute atomic E-state index is 0.0200. The number of amides is 4. The van der Waals surface area contributed by atoms with Gasteiger partial charge in [0.25, 0.3) is 23.6 Å². The molecule has 0 spiro atoms. The largest absolute Gasteiger partial charge is 0.573 e. The number of alkyl halides is 12. The molecule has 4 amide bonds. The van der Waals surface area contributed by atoms with Gasteiger partial charge < -0.3 is 55.3 Å². The van der Waals surface area contributed by atoms with Crippen LogP contribution in [0.2, 0.25) is 0 Å². The fourth-order valence-electron chi connectivity index (χ4n) is 6.18. The molecule has 0 saturated heterocycles. The third-order valence-electron chi connectivity index (χ3n) is 9.56. The lowest BCUT2D eigenvalue weighted by Gasteiger charge is -2.19. The lowest BCUT2D eigenvalue weighted by atomic mass is 10.1. The van der Waals surface area contributed by atoms with Crippen molar-refractivity contribution in [2.75, 3.05) is 32.0 Å². The van der Waals surface area contributed by atoms with E-state index in [-0.39, 0.29) is 39.8 Å². The number of aryl methyl sites for hydroxylation is 2. The van der Waals surface area contributed by atoms with Crippen molar-refractivity contribution in [1.82, 2.24) is 19.9 Å². The first-order valence-electron chi connectivity index (χ1n) is 20.5. The van der Waals surface area contributed by atoms with Crippen molar-refractivity contribution >= 4 is 35.0 Å². The number of hydrogen-bond acceptors (Lipinski definition) is 15. The Hall–Kier alpha value is -9.39. The maximum Gasteiger partial charge on any atom is 0.573 e. The highest BCUT2D eigenvalue weighted by Crippen LogP contribution is 2.44. The van der Waals surface area contributed by atoms with Crippen molar-refractivity contribution in [3.05, 3.63) is 124 Å². The molecule has 4 aromatic heterocycles. The van der Waals surface area contributed by atoms with Crippen molar-refractivity contribution in [3.8, 4) is 51.7 Å². The molecule has 4 heterocycles. The van der Waals surface area contributed by atoms with Crippen LogP contribution in [0.1, 0.15) is 64.2 Å². The zero-order valence-electron chi connectivity index (χ0n) is 39.3. The highest BCUT2D eigenvalue weighted by molar-refractivity contribution is 6.09. The second-order valence-corrected chi connectivity index (χ2v) is 14.9. The molecule has 0 radical (unpaired) electrons. The van der Waals surface area contributed by atoms with Gasteiger partial charge in [-0.15, -0.1) is 26.3 Å². The van der Waals surface area contributed by atoms with Crippen molar-refractivity contribution < 1.29 is 109 Å². The Morgan fingerprint density at radius 2 is 0.883 bits per heavy atom. The summed E-state index contributed by atoms with van der Waals surface area (Å²) in [5, 5.41) is 4.50. The maximum absolute atomic E-state index is 15.0. The topological polar surface area (TPSA) is 261 Å². The van der Waals surface area contributed by atoms with E-state index in [1.165, 1.54) is 20.0 Å². The molecule has 0 bridgehead atoms. The molecule has 0 aliphatic carbocycles. The molecular weight excluding hydrogens is 1080 g/mol. The Bertz CT molecular complexity index is 3230. The number of primary amides is 2. The number of benzene rings is 2. The van der Waals surface area contributed by atoms with E-state index in [1.54, 1.807) is 0 Å². The van der Waals surface area contributed by atoms with Gasteiger partial charge >= 0.3 is 25.1 Å². The van der Waals surface area contributed by atoms with Gasteiger partial charge in [0.05, 0.1) is 33.7 Å². The minimum Gasteiger partial charge on any atom is -0.493 e. The molecule has 6 aromatic rings. The van der Waals surface area contributed by atoms with Crippen molar-refractivity contribution in [2.45, 2.75) is 38.9 Å². The average Bonchev–Trinajstić information content (AvgIpc) is 3.32. The van der Waals surface area contributed by atoms with Gasteiger partial charge in [-0.1, -0.05) is 0 Å². The van der Waals surface area contributed by atoms with Crippen LogP contribution < -0.4 is 55.3 Å². The van der Waals surface area contributed by atoms with Crippen LogP contribution in [0.15, 0.2) is 73.3 Å². The van der Waals surface area contributed by atoms with Gasteiger partial charge in [0.15, 0.2) is 57.5 Å². The summed E-state index contributed by atoms with van der Waals surface area (Å²) >= 11 is 0. The normalized spacial score (nSPS) is 11.6. The van der Waals surface area contributed by atoms with E-state index in [9.17, 15) is 71.9 Å². The predicted molar refractivity (Wildman–Crippen MR) is 235 cm³/mol. The molecule has 77 heavy (non-hydrogen) atoms. The molecule has 0 unspecified atom stereocenters. The first kappa shape index (κ1) is 58.5.